The van der Waals surface area contributed by atoms with Crippen molar-refractivity contribution in [3.05, 3.63) is 47.2 Å². The average Bonchev–Trinajstić information content (AvgIpc) is 3.07. The fourth-order valence-electron chi connectivity index (χ4n) is 5.29. The van der Waals surface area contributed by atoms with Crippen LogP contribution in [-0.2, 0) is 16.0 Å². The van der Waals surface area contributed by atoms with Crippen molar-refractivity contribution in [2.45, 2.75) is 25.8 Å². The normalized spacial score (nSPS) is 29.4. The van der Waals surface area contributed by atoms with Crippen LogP contribution in [0.3, 0.4) is 0 Å². The van der Waals surface area contributed by atoms with Gasteiger partial charge in [0, 0.05) is 35.8 Å². The number of likely N-dealkylation sites (N-methyl/N-ethyl adjacent to an activating group) is 1. The second kappa shape index (κ2) is 6.87. The van der Waals surface area contributed by atoms with Crippen LogP contribution in [0, 0.1) is 11.3 Å². The highest BCUT2D eigenvalue weighted by molar-refractivity contribution is 6.03. The van der Waals surface area contributed by atoms with Crippen LogP contribution in [0.25, 0.3) is 10.9 Å². The number of carbonyl (C=O) groups excluding carboxylic acids is 2. The van der Waals surface area contributed by atoms with Crippen LogP contribution in [0.2, 0.25) is 0 Å². The van der Waals surface area contributed by atoms with E-state index in [4.69, 9.17) is 4.74 Å². The van der Waals surface area contributed by atoms with Crippen molar-refractivity contribution in [2.24, 2.45) is 11.3 Å². The standard InChI is InChI=1S/C22H26N2O4/c1-4-13-11-24(2)19-9-15-14-7-5-6-8-17(14)23-20(15)18(26)10-16(13)22(19,12-25)21(27)28-3/h4-8,16,19,23,25H,9-12H2,1-3H3/b13-4-. The number of methoxy groups -OCH3 is 1. The Balaban J connectivity index is 1.99. The van der Waals surface area contributed by atoms with E-state index in [0.29, 0.717) is 18.7 Å². The van der Waals surface area contributed by atoms with E-state index in [1.165, 1.54) is 7.11 Å². The minimum absolute atomic E-state index is 0.0275. The predicted molar refractivity (Wildman–Crippen MR) is 106 cm³/mol. The van der Waals surface area contributed by atoms with Crippen molar-refractivity contribution in [1.29, 1.82) is 0 Å². The first-order chi connectivity index (χ1) is 13.5. The quantitative estimate of drug-likeness (QED) is 0.615. The number of Topliss-reactive ketones (excluding diaryl/α,β-unsaturated/α-hetero) is 1. The number of ketones is 1. The summed E-state index contributed by atoms with van der Waals surface area (Å²) in [5, 5.41) is 11.5. The van der Waals surface area contributed by atoms with Gasteiger partial charge in [0.15, 0.2) is 5.78 Å². The van der Waals surface area contributed by atoms with Crippen LogP contribution in [-0.4, -0.2) is 60.1 Å². The topological polar surface area (TPSA) is 82.6 Å². The zero-order chi connectivity index (χ0) is 20.1. The summed E-state index contributed by atoms with van der Waals surface area (Å²) in [6, 6.07) is 7.57. The van der Waals surface area contributed by atoms with Gasteiger partial charge in [-0.05, 0) is 32.0 Å². The first-order valence-electron chi connectivity index (χ1n) is 9.65. The molecule has 28 heavy (non-hydrogen) atoms. The molecule has 1 saturated heterocycles. The summed E-state index contributed by atoms with van der Waals surface area (Å²) in [7, 11) is 3.32. The fourth-order valence-corrected chi connectivity index (χ4v) is 5.29. The van der Waals surface area contributed by atoms with Gasteiger partial charge in [-0.15, -0.1) is 0 Å². The summed E-state index contributed by atoms with van der Waals surface area (Å²) in [6.45, 7) is 2.22. The lowest BCUT2D eigenvalue weighted by Gasteiger charge is -2.52. The molecule has 6 heteroatoms. The monoisotopic (exact) mass is 382 g/mol. The number of hydrogen-bond donors (Lipinski definition) is 2. The largest absolute Gasteiger partial charge is 0.468 e. The Morgan fingerprint density at radius 1 is 1.39 bits per heavy atom. The third kappa shape index (κ3) is 2.48. The highest BCUT2D eigenvalue weighted by atomic mass is 16.5. The average molecular weight is 382 g/mol. The van der Waals surface area contributed by atoms with Gasteiger partial charge in [0.05, 0.1) is 19.4 Å². The zero-order valence-electron chi connectivity index (χ0n) is 16.5. The van der Waals surface area contributed by atoms with Gasteiger partial charge in [0.1, 0.15) is 5.41 Å². The molecule has 1 aromatic carbocycles. The number of fused-ring (bicyclic) bond motifs is 5. The number of ether oxygens (including phenoxy) is 1. The molecule has 148 valence electrons. The molecule has 0 radical (unpaired) electrons. The van der Waals surface area contributed by atoms with E-state index < -0.39 is 11.4 Å². The Kier molecular flexibility index (Phi) is 4.63. The molecule has 2 aliphatic rings. The van der Waals surface area contributed by atoms with Crippen LogP contribution in [0.4, 0.5) is 0 Å². The molecule has 2 aromatic rings. The molecule has 2 N–H and O–H groups in total. The second-order valence-electron chi connectivity index (χ2n) is 7.89. The Labute approximate surface area is 164 Å². The van der Waals surface area contributed by atoms with Crippen molar-refractivity contribution in [1.82, 2.24) is 9.88 Å². The van der Waals surface area contributed by atoms with Gasteiger partial charge < -0.3 is 14.8 Å². The van der Waals surface area contributed by atoms with Crippen molar-refractivity contribution < 1.29 is 19.4 Å². The molecular formula is C22H26N2O4. The molecule has 1 aromatic heterocycles. The summed E-state index contributed by atoms with van der Waals surface area (Å²) in [5.74, 6) is -0.865. The summed E-state index contributed by atoms with van der Waals surface area (Å²) < 4.78 is 5.18. The number of benzene rings is 1. The molecule has 3 unspecified atom stereocenters. The molecule has 4 rings (SSSR count). The van der Waals surface area contributed by atoms with E-state index in [1.807, 2.05) is 44.3 Å². The third-order valence-electron chi connectivity index (χ3n) is 6.71. The van der Waals surface area contributed by atoms with E-state index in [1.54, 1.807) is 0 Å². The molecule has 0 amide bonds. The van der Waals surface area contributed by atoms with Crippen LogP contribution < -0.4 is 0 Å². The molecule has 0 saturated carbocycles. The molecule has 6 nitrogen and oxygen atoms in total. The summed E-state index contributed by atoms with van der Waals surface area (Å²) in [4.78, 5) is 31.8. The zero-order valence-corrected chi connectivity index (χ0v) is 16.5. The number of esters is 1. The third-order valence-corrected chi connectivity index (χ3v) is 6.71. The van der Waals surface area contributed by atoms with Gasteiger partial charge in [0.2, 0.25) is 0 Å². The summed E-state index contributed by atoms with van der Waals surface area (Å²) >= 11 is 0. The molecule has 1 aliphatic carbocycles. The Morgan fingerprint density at radius 3 is 2.82 bits per heavy atom. The molecule has 2 heterocycles. The smallest absolute Gasteiger partial charge is 0.316 e. The van der Waals surface area contributed by atoms with E-state index in [-0.39, 0.29) is 30.8 Å². The minimum Gasteiger partial charge on any atom is -0.468 e. The van der Waals surface area contributed by atoms with E-state index >= 15 is 0 Å². The maximum Gasteiger partial charge on any atom is 0.316 e. The van der Waals surface area contributed by atoms with E-state index in [2.05, 4.69) is 9.88 Å². The number of H-pyrrole nitrogens is 1. The van der Waals surface area contributed by atoms with Crippen molar-refractivity contribution in [2.75, 3.05) is 27.3 Å². The number of nitrogens with one attached hydrogen (secondary N) is 1. The van der Waals surface area contributed by atoms with Crippen molar-refractivity contribution >= 4 is 22.7 Å². The van der Waals surface area contributed by atoms with E-state index in [0.717, 1.165) is 22.0 Å². The van der Waals surface area contributed by atoms with Gasteiger partial charge in [-0.3, -0.25) is 14.5 Å². The lowest BCUT2D eigenvalue weighted by atomic mass is 9.60. The number of para-hydroxylation sites is 1. The predicted octanol–water partition coefficient (Wildman–Crippen LogP) is 2.33. The first-order valence-corrected chi connectivity index (χ1v) is 9.65. The Bertz CT molecular complexity index is 976. The van der Waals surface area contributed by atoms with Gasteiger partial charge >= 0.3 is 5.97 Å². The first kappa shape index (κ1) is 18.9. The molecule has 3 atom stereocenters. The number of aromatic amines is 1. The highest BCUT2D eigenvalue weighted by Crippen LogP contribution is 2.49. The minimum atomic E-state index is -1.17. The number of aliphatic hydroxyl groups excluding tert-OH is 1. The number of carbonyl (C=O) groups is 2. The number of aromatic nitrogens is 1. The number of likely N-dealkylation sites (tertiary alicyclic amines) is 1. The van der Waals surface area contributed by atoms with E-state index in [9.17, 15) is 14.7 Å². The van der Waals surface area contributed by atoms with Gasteiger partial charge in [-0.1, -0.05) is 29.8 Å². The SMILES string of the molecule is C/C=C1/CN(C)C2Cc3c([nH]c4ccccc34)C(=O)CC1C2(CO)C(=O)OC. The van der Waals surface area contributed by atoms with Crippen molar-refractivity contribution in [3.63, 3.8) is 0 Å². The fraction of sp³-hybridized carbons (Fsp3) is 0.455. The van der Waals surface area contributed by atoms with Crippen LogP contribution in [0.5, 0.6) is 0 Å². The number of hydrogen-bond acceptors (Lipinski definition) is 5. The molecule has 0 spiro atoms. The summed E-state index contributed by atoms with van der Waals surface area (Å²) in [6.07, 6.45) is 2.62. The Hall–Kier alpha value is -2.44. The molecule has 2 bridgehead atoms. The molecule has 1 fully saturated rings. The lowest BCUT2D eigenvalue weighted by molar-refractivity contribution is -0.168. The van der Waals surface area contributed by atoms with Gasteiger partial charge in [-0.2, -0.15) is 0 Å². The second-order valence-corrected chi connectivity index (χ2v) is 7.89. The molecular weight excluding hydrogens is 356 g/mol. The van der Waals surface area contributed by atoms with Crippen LogP contribution in [0.1, 0.15) is 29.4 Å². The number of allylic oxidation sites excluding steroid dienone is 1. The van der Waals surface area contributed by atoms with Crippen molar-refractivity contribution in [3.8, 4) is 0 Å². The van der Waals surface area contributed by atoms with Gasteiger partial charge in [-0.25, -0.2) is 0 Å². The lowest BCUT2D eigenvalue weighted by Crippen LogP contribution is -2.63. The van der Waals surface area contributed by atoms with Gasteiger partial charge in [0.25, 0.3) is 0 Å². The van der Waals surface area contributed by atoms with Crippen LogP contribution >= 0.6 is 0 Å². The maximum atomic E-state index is 13.3. The maximum absolute atomic E-state index is 13.3. The van der Waals surface area contributed by atoms with Crippen LogP contribution in [0.15, 0.2) is 35.9 Å². The summed E-state index contributed by atoms with van der Waals surface area (Å²) in [5.41, 5.74) is 2.28. The highest BCUT2D eigenvalue weighted by Gasteiger charge is 2.58. The molecule has 1 aliphatic heterocycles. The number of piperidine rings is 1. The number of rotatable bonds is 2. The number of aliphatic hydroxyl groups is 1. The number of nitrogens with zero attached hydrogens (tertiary/aromatic N) is 1. The Morgan fingerprint density at radius 2 is 2.14 bits per heavy atom.